The minimum Gasteiger partial charge on any atom is -0.479 e. The maximum atomic E-state index is 13.0. The highest BCUT2D eigenvalue weighted by Crippen LogP contribution is 2.51. The Balaban J connectivity index is 2.37. The summed E-state index contributed by atoms with van der Waals surface area (Å²) in [6.07, 6.45) is -0.644. The van der Waals surface area contributed by atoms with E-state index >= 15 is 0 Å². The van der Waals surface area contributed by atoms with Crippen LogP contribution in [0.15, 0.2) is 18.2 Å². The first kappa shape index (κ1) is 11.0. The first-order chi connectivity index (χ1) is 7.47. The van der Waals surface area contributed by atoms with Crippen molar-refractivity contribution in [1.82, 2.24) is 0 Å². The average Bonchev–Trinajstić information content (AvgIpc) is 3.02. The molecule has 1 fully saturated rings. The van der Waals surface area contributed by atoms with Gasteiger partial charge in [0.25, 0.3) is 0 Å². The number of halogens is 2. The van der Waals surface area contributed by atoms with Gasteiger partial charge in [0.15, 0.2) is 17.7 Å². The van der Waals surface area contributed by atoms with Crippen molar-refractivity contribution in [3.8, 4) is 0 Å². The van der Waals surface area contributed by atoms with Crippen LogP contribution in [0.1, 0.15) is 18.4 Å². The molecule has 1 saturated carbocycles. The predicted octanol–water partition coefficient (Wildman–Crippen LogP) is 1.44. The summed E-state index contributed by atoms with van der Waals surface area (Å²) in [6, 6.07) is 3.21. The molecule has 3 nitrogen and oxygen atoms in total. The van der Waals surface area contributed by atoms with Gasteiger partial charge in [-0.1, -0.05) is 6.07 Å². The SMILES string of the molecule is O=C(O)C(O)C1(c2ccc(F)c(F)c2)CC1. The maximum absolute atomic E-state index is 13.0. The maximum Gasteiger partial charge on any atom is 0.333 e. The lowest BCUT2D eigenvalue weighted by atomic mass is 9.90. The van der Waals surface area contributed by atoms with Gasteiger partial charge in [0.2, 0.25) is 0 Å². The van der Waals surface area contributed by atoms with E-state index in [-0.39, 0.29) is 0 Å². The lowest BCUT2D eigenvalue weighted by Crippen LogP contribution is -2.33. The molecule has 1 aliphatic carbocycles. The highest BCUT2D eigenvalue weighted by atomic mass is 19.2. The number of hydrogen-bond donors (Lipinski definition) is 2. The molecule has 1 aromatic carbocycles. The smallest absolute Gasteiger partial charge is 0.333 e. The van der Waals surface area contributed by atoms with E-state index in [0.29, 0.717) is 18.4 Å². The van der Waals surface area contributed by atoms with Crippen LogP contribution in [-0.2, 0) is 10.2 Å². The zero-order valence-corrected chi connectivity index (χ0v) is 8.28. The van der Waals surface area contributed by atoms with Gasteiger partial charge in [-0.15, -0.1) is 0 Å². The lowest BCUT2D eigenvalue weighted by Gasteiger charge is -2.19. The highest BCUT2D eigenvalue weighted by Gasteiger charge is 2.53. The Labute approximate surface area is 90.3 Å². The van der Waals surface area contributed by atoms with Crippen molar-refractivity contribution < 1.29 is 23.8 Å². The first-order valence-electron chi connectivity index (χ1n) is 4.84. The summed E-state index contributed by atoms with van der Waals surface area (Å²) in [5.41, 5.74) is -0.610. The summed E-state index contributed by atoms with van der Waals surface area (Å²) < 4.78 is 25.7. The normalized spacial score (nSPS) is 19.2. The first-order valence-corrected chi connectivity index (χ1v) is 4.84. The zero-order chi connectivity index (χ0) is 11.9. The van der Waals surface area contributed by atoms with Gasteiger partial charge in [0, 0.05) is 5.41 Å². The van der Waals surface area contributed by atoms with Gasteiger partial charge in [-0.25, -0.2) is 13.6 Å². The number of carbonyl (C=O) groups is 1. The van der Waals surface area contributed by atoms with Crippen LogP contribution < -0.4 is 0 Å². The minimum atomic E-state index is -1.57. The van der Waals surface area contributed by atoms with Crippen LogP contribution in [0, 0.1) is 11.6 Å². The number of carboxylic acids is 1. The van der Waals surface area contributed by atoms with Crippen LogP contribution in [-0.4, -0.2) is 22.3 Å². The molecule has 86 valence electrons. The van der Waals surface area contributed by atoms with Gasteiger partial charge in [-0.05, 0) is 30.5 Å². The number of aliphatic carboxylic acids is 1. The summed E-state index contributed by atoms with van der Waals surface area (Å²) in [6.45, 7) is 0. The van der Waals surface area contributed by atoms with Crippen LogP contribution in [0.25, 0.3) is 0 Å². The second-order valence-corrected chi connectivity index (χ2v) is 4.03. The topological polar surface area (TPSA) is 57.5 Å². The molecule has 0 bridgehead atoms. The van der Waals surface area contributed by atoms with Gasteiger partial charge in [0.1, 0.15) is 0 Å². The van der Waals surface area contributed by atoms with Crippen molar-refractivity contribution in [1.29, 1.82) is 0 Å². The van der Waals surface area contributed by atoms with Crippen molar-refractivity contribution in [2.45, 2.75) is 24.4 Å². The van der Waals surface area contributed by atoms with Gasteiger partial charge >= 0.3 is 5.97 Å². The zero-order valence-electron chi connectivity index (χ0n) is 8.28. The molecule has 0 saturated heterocycles. The minimum absolute atomic E-state index is 0.335. The Kier molecular flexibility index (Phi) is 2.42. The summed E-state index contributed by atoms with van der Waals surface area (Å²) in [5.74, 6) is -3.35. The standard InChI is InChI=1S/C11H10F2O3/c12-7-2-1-6(5-8(7)13)11(3-4-11)9(14)10(15)16/h1-2,5,9,14H,3-4H2,(H,15,16). The second kappa shape index (κ2) is 3.52. The van der Waals surface area contributed by atoms with Crippen LogP contribution in [0.5, 0.6) is 0 Å². The predicted molar refractivity (Wildman–Crippen MR) is 50.9 cm³/mol. The van der Waals surface area contributed by atoms with Crippen molar-refractivity contribution in [3.63, 3.8) is 0 Å². The molecule has 1 aromatic rings. The van der Waals surface area contributed by atoms with Gasteiger partial charge in [0.05, 0.1) is 0 Å². The highest BCUT2D eigenvalue weighted by molar-refractivity contribution is 5.75. The molecule has 0 spiro atoms. The molecule has 0 aliphatic heterocycles. The van der Waals surface area contributed by atoms with Crippen LogP contribution in [0.2, 0.25) is 0 Å². The van der Waals surface area contributed by atoms with Crippen molar-refractivity contribution >= 4 is 5.97 Å². The molecule has 1 unspecified atom stereocenters. The molecule has 0 amide bonds. The van der Waals surface area contributed by atoms with Crippen molar-refractivity contribution in [3.05, 3.63) is 35.4 Å². The fourth-order valence-electron chi connectivity index (χ4n) is 1.90. The van der Waals surface area contributed by atoms with E-state index < -0.39 is 29.1 Å². The average molecular weight is 228 g/mol. The number of hydrogen-bond acceptors (Lipinski definition) is 2. The van der Waals surface area contributed by atoms with Crippen molar-refractivity contribution in [2.75, 3.05) is 0 Å². The molecule has 2 rings (SSSR count). The molecular formula is C11H10F2O3. The monoisotopic (exact) mass is 228 g/mol. The van der Waals surface area contributed by atoms with Crippen LogP contribution in [0.3, 0.4) is 0 Å². The molecule has 1 atom stereocenters. The molecule has 1 aliphatic rings. The van der Waals surface area contributed by atoms with E-state index in [0.717, 1.165) is 12.1 Å². The quantitative estimate of drug-likeness (QED) is 0.823. The number of aliphatic hydroxyl groups excluding tert-OH is 1. The Bertz CT molecular complexity index is 441. The number of aliphatic hydroxyl groups is 1. The Hall–Kier alpha value is -1.49. The number of rotatable bonds is 3. The third-order valence-corrected chi connectivity index (χ3v) is 3.04. The summed E-state index contributed by atoms with van der Waals surface area (Å²) in [7, 11) is 0. The van der Waals surface area contributed by atoms with Gasteiger partial charge in [-0.2, -0.15) is 0 Å². The van der Waals surface area contributed by atoms with E-state index in [4.69, 9.17) is 5.11 Å². The Morgan fingerprint density at radius 3 is 2.38 bits per heavy atom. The summed E-state index contributed by atoms with van der Waals surface area (Å²) in [4.78, 5) is 10.7. The number of benzene rings is 1. The third kappa shape index (κ3) is 1.57. The van der Waals surface area contributed by atoms with Crippen molar-refractivity contribution in [2.24, 2.45) is 0 Å². The van der Waals surface area contributed by atoms with E-state index in [9.17, 15) is 18.7 Å². The molecule has 0 radical (unpaired) electrons. The molecule has 16 heavy (non-hydrogen) atoms. The Morgan fingerprint density at radius 1 is 1.31 bits per heavy atom. The van der Waals surface area contributed by atoms with E-state index in [1.54, 1.807) is 0 Å². The van der Waals surface area contributed by atoms with E-state index in [1.165, 1.54) is 6.07 Å². The number of carboxylic acid groups (broad SMARTS) is 1. The molecular weight excluding hydrogens is 218 g/mol. The molecule has 2 N–H and O–H groups in total. The van der Waals surface area contributed by atoms with Crippen LogP contribution >= 0.6 is 0 Å². The fraction of sp³-hybridized carbons (Fsp3) is 0.364. The Morgan fingerprint density at radius 2 is 1.94 bits per heavy atom. The molecule has 5 heteroatoms. The van der Waals surface area contributed by atoms with E-state index in [2.05, 4.69) is 0 Å². The lowest BCUT2D eigenvalue weighted by molar-refractivity contribution is -0.148. The molecule has 0 heterocycles. The summed E-state index contributed by atoms with van der Waals surface area (Å²) >= 11 is 0. The van der Waals surface area contributed by atoms with Gasteiger partial charge in [-0.3, -0.25) is 0 Å². The van der Waals surface area contributed by atoms with Crippen LogP contribution in [0.4, 0.5) is 8.78 Å². The second-order valence-electron chi connectivity index (χ2n) is 4.03. The molecule has 0 aromatic heterocycles. The third-order valence-electron chi connectivity index (χ3n) is 3.04. The summed E-state index contributed by atoms with van der Waals surface area (Å²) in [5, 5.41) is 18.2. The van der Waals surface area contributed by atoms with E-state index in [1.807, 2.05) is 0 Å². The van der Waals surface area contributed by atoms with Gasteiger partial charge < -0.3 is 10.2 Å². The largest absolute Gasteiger partial charge is 0.479 e. The fourth-order valence-corrected chi connectivity index (χ4v) is 1.90.